The van der Waals surface area contributed by atoms with E-state index in [1.807, 2.05) is 33.2 Å². The summed E-state index contributed by atoms with van der Waals surface area (Å²) in [5.74, 6) is 0.760. The summed E-state index contributed by atoms with van der Waals surface area (Å²) >= 11 is 1.67. The van der Waals surface area contributed by atoms with Crippen molar-refractivity contribution in [2.75, 3.05) is 46.8 Å². The van der Waals surface area contributed by atoms with E-state index < -0.39 is 10.0 Å². The third kappa shape index (κ3) is 6.88. The molecule has 0 atom stereocenters. The predicted octanol–water partition coefficient (Wildman–Crippen LogP) is 2.90. The number of nitrogens with one attached hydrogen (secondary N) is 1. The molecule has 172 valence electrons. The molecule has 1 aromatic heterocycles. The van der Waals surface area contributed by atoms with Crippen molar-refractivity contribution in [1.82, 2.24) is 19.4 Å². The van der Waals surface area contributed by atoms with Gasteiger partial charge in [-0.05, 0) is 48.0 Å². The molecule has 1 N–H and O–H groups in total. The maximum Gasteiger partial charge on any atom is 0.243 e. The number of nitrogens with zero attached hydrogens (tertiary/aromatic N) is 4. The highest BCUT2D eigenvalue weighted by atomic mass is 127. The molecule has 1 aliphatic heterocycles. The van der Waals surface area contributed by atoms with Gasteiger partial charge < -0.3 is 15.1 Å². The van der Waals surface area contributed by atoms with Gasteiger partial charge in [0, 0.05) is 46.3 Å². The highest BCUT2D eigenvalue weighted by molar-refractivity contribution is 14.0. The molecule has 1 aliphatic rings. The van der Waals surface area contributed by atoms with E-state index in [0.29, 0.717) is 24.5 Å². The van der Waals surface area contributed by atoms with Crippen molar-refractivity contribution < 1.29 is 8.42 Å². The summed E-state index contributed by atoms with van der Waals surface area (Å²) in [6.45, 7) is 6.35. The molecule has 2 heterocycles. The maximum atomic E-state index is 13.3. The van der Waals surface area contributed by atoms with Gasteiger partial charge >= 0.3 is 0 Å². The Morgan fingerprint density at radius 2 is 1.90 bits per heavy atom. The van der Waals surface area contributed by atoms with Gasteiger partial charge in [-0.3, -0.25) is 0 Å². The lowest BCUT2D eigenvalue weighted by Gasteiger charge is -2.32. The second-order valence-electron chi connectivity index (χ2n) is 7.47. The molecule has 3 rings (SSSR count). The number of benzene rings is 1. The molecule has 1 fully saturated rings. The van der Waals surface area contributed by atoms with Crippen LogP contribution in [0, 0.1) is 0 Å². The Labute approximate surface area is 207 Å². The lowest BCUT2D eigenvalue weighted by molar-refractivity contribution is 0.222. The van der Waals surface area contributed by atoms with Crippen LogP contribution in [0.4, 0.5) is 0 Å². The van der Waals surface area contributed by atoms with Crippen LogP contribution >= 0.6 is 35.3 Å². The normalized spacial score (nSPS) is 16.0. The summed E-state index contributed by atoms with van der Waals surface area (Å²) in [4.78, 5) is 9.30. The Bertz CT molecular complexity index is 942. The first-order chi connectivity index (χ1) is 14.4. The smallest absolute Gasteiger partial charge is 0.243 e. The number of sulfonamides is 1. The lowest BCUT2D eigenvalue weighted by atomic mass is 10.2. The third-order valence-corrected chi connectivity index (χ3v) is 7.88. The second-order valence-corrected chi connectivity index (χ2v) is 10.2. The molecule has 0 saturated carbocycles. The third-order valence-electron chi connectivity index (χ3n) is 5.15. The SMILES string of the molecule is CCNC(=NCc1ccccc1S(=O)(=O)N1CCN(C)CC1)N(C)Cc1ccsc1.I. The largest absolute Gasteiger partial charge is 0.357 e. The highest BCUT2D eigenvalue weighted by Crippen LogP contribution is 2.22. The number of halogens is 1. The van der Waals surface area contributed by atoms with E-state index in [0.717, 1.165) is 37.7 Å². The molecular weight excluding hydrogens is 545 g/mol. The van der Waals surface area contributed by atoms with Crippen molar-refractivity contribution in [2.45, 2.75) is 24.9 Å². The van der Waals surface area contributed by atoms with Crippen molar-refractivity contribution >= 4 is 51.3 Å². The van der Waals surface area contributed by atoms with Gasteiger partial charge in [0.1, 0.15) is 0 Å². The van der Waals surface area contributed by atoms with Crippen LogP contribution in [0.5, 0.6) is 0 Å². The molecule has 0 radical (unpaired) electrons. The van der Waals surface area contributed by atoms with E-state index in [1.165, 1.54) is 5.56 Å². The fourth-order valence-corrected chi connectivity index (χ4v) is 5.71. The van der Waals surface area contributed by atoms with E-state index >= 15 is 0 Å². The van der Waals surface area contributed by atoms with Gasteiger partial charge in [0.05, 0.1) is 11.4 Å². The lowest BCUT2D eigenvalue weighted by Crippen LogP contribution is -2.47. The van der Waals surface area contributed by atoms with Gasteiger partial charge in [-0.15, -0.1) is 24.0 Å². The summed E-state index contributed by atoms with van der Waals surface area (Å²) in [5, 5.41) is 7.49. The molecule has 31 heavy (non-hydrogen) atoms. The van der Waals surface area contributed by atoms with Crippen molar-refractivity contribution in [3.8, 4) is 0 Å². The number of guanidine groups is 1. The van der Waals surface area contributed by atoms with Gasteiger partial charge in [-0.1, -0.05) is 18.2 Å². The van der Waals surface area contributed by atoms with Crippen LogP contribution in [0.1, 0.15) is 18.1 Å². The zero-order valence-electron chi connectivity index (χ0n) is 18.3. The Morgan fingerprint density at radius 3 is 2.55 bits per heavy atom. The van der Waals surface area contributed by atoms with Crippen LogP contribution in [-0.4, -0.2) is 75.3 Å². The minimum Gasteiger partial charge on any atom is -0.357 e. The van der Waals surface area contributed by atoms with E-state index in [2.05, 4.69) is 31.9 Å². The standard InChI is InChI=1S/C21H31N5O2S2.HI/c1-4-22-21(25(3)16-18-9-14-29-17-18)23-15-19-7-5-6-8-20(19)30(27,28)26-12-10-24(2)11-13-26;/h5-9,14,17H,4,10-13,15-16H2,1-3H3,(H,22,23);1H. The Hall–Kier alpha value is -1.21. The van der Waals surface area contributed by atoms with Crippen LogP contribution in [0.25, 0.3) is 0 Å². The number of piperazine rings is 1. The summed E-state index contributed by atoms with van der Waals surface area (Å²) < 4.78 is 28.1. The molecule has 1 aromatic carbocycles. The van der Waals surface area contributed by atoms with Crippen LogP contribution < -0.4 is 5.32 Å². The summed E-state index contributed by atoms with van der Waals surface area (Å²) in [5.41, 5.74) is 1.95. The summed E-state index contributed by atoms with van der Waals surface area (Å²) in [7, 11) is 0.475. The van der Waals surface area contributed by atoms with Crippen molar-refractivity contribution in [3.63, 3.8) is 0 Å². The number of likely N-dealkylation sites (N-methyl/N-ethyl adjacent to an activating group) is 1. The minimum atomic E-state index is -3.53. The first-order valence-electron chi connectivity index (χ1n) is 10.2. The molecular formula is C21H32IN5O2S2. The zero-order valence-corrected chi connectivity index (χ0v) is 22.3. The van der Waals surface area contributed by atoms with Gasteiger partial charge in [0.2, 0.25) is 10.0 Å². The molecule has 0 unspecified atom stereocenters. The molecule has 0 amide bonds. The van der Waals surface area contributed by atoms with Crippen molar-refractivity contribution in [3.05, 3.63) is 52.2 Å². The first kappa shape index (κ1) is 26.0. The first-order valence-corrected chi connectivity index (χ1v) is 12.6. The Balaban J connectivity index is 0.00000341. The average Bonchev–Trinajstić information content (AvgIpc) is 3.24. The molecule has 0 spiro atoms. The topological polar surface area (TPSA) is 68.2 Å². The van der Waals surface area contributed by atoms with Crippen molar-refractivity contribution in [1.29, 1.82) is 0 Å². The van der Waals surface area contributed by atoms with Gasteiger partial charge in [0.15, 0.2) is 5.96 Å². The second kappa shape index (κ2) is 12.1. The van der Waals surface area contributed by atoms with Gasteiger partial charge in [-0.25, -0.2) is 13.4 Å². The van der Waals surface area contributed by atoms with Crippen LogP contribution in [-0.2, 0) is 23.1 Å². The minimum absolute atomic E-state index is 0. The molecule has 7 nitrogen and oxygen atoms in total. The van der Waals surface area contributed by atoms with E-state index in [9.17, 15) is 8.42 Å². The number of rotatable bonds is 7. The molecule has 1 saturated heterocycles. The number of hydrogen-bond donors (Lipinski definition) is 1. The Kier molecular flexibility index (Phi) is 10.2. The van der Waals surface area contributed by atoms with Crippen LogP contribution in [0.15, 0.2) is 51.0 Å². The van der Waals surface area contributed by atoms with E-state index in [1.54, 1.807) is 27.8 Å². The van der Waals surface area contributed by atoms with Crippen LogP contribution in [0.3, 0.4) is 0 Å². The fourth-order valence-electron chi connectivity index (χ4n) is 3.41. The maximum absolute atomic E-state index is 13.3. The van der Waals surface area contributed by atoms with E-state index in [4.69, 9.17) is 4.99 Å². The highest BCUT2D eigenvalue weighted by Gasteiger charge is 2.29. The van der Waals surface area contributed by atoms with Gasteiger partial charge in [0.25, 0.3) is 0 Å². The number of aliphatic imine (C=N–C) groups is 1. The van der Waals surface area contributed by atoms with Gasteiger partial charge in [-0.2, -0.15) is 15.6 Å². The number of hydrogen-bond acceptors (Lipinski definition) is 5. The number of thiophene rings is 1. The quantitative estimate of drug-likeness (QED) is 0.312. The zero-order chi connectivity index (χ0) is 21.6. The van der Waals surface area contributed by atoms with E-state index in [-0.39, 0.29) is 24.0 Å². The monoisotopic (exact) mass is 577 g/mol. The molecule has 0 bridgehead atoms. The Morgan fingerprint density at radius 1 is 1.19 bits per heavy atom. The summed E-state index contributed by atoms with van der Waals surface area (Å²) in [6.07, 6.45) is 0. The molecule has 2 aromatic rings. The predicted molar refractivity (Wildman–Crippen MR) is 139 cm³/mol. The average molecular weight is 578 g/mol. The van der Waals surface area contributed by atoms with Crippen LogP contribution in [0.2, 0.25) is 0 Å². The molecule has 10 heteroatoms. The summed E-state index contributed by atoms with van der Waals surface area (Å²) in [6, 6.07) is 9.30. The fraction of sp³-hybridized carbons (Fsp3) is 0.476. The molecule has 0 aliphatic carbocycles. The van der Waals surface area contributed by atoms with Crippen molar-refractivity contribution in [2.24, 2.45) is 4.99 Å².